The van der Waals surface area contributed by atoms with Crippen molar-refractivity contribution in [3.05, 3.63) is 0 Å². The van der Waals surface area contributed by atoms with Crippen molar-refractivity contribution in [2.75, 3.05) is 0 Å². The van der Waals surface area contributed by atoms with Crippen molar-refractivity contribution in [1.82, 2.24) is 0 Å². The van der Waals surface area contributed by atoms with Crippen molar-refractivity contribution in [1.29, 1.82) is 0 Å². The van der Waals surface area contributed by atoms with Gasteiger partial charge in [-0.1, -0.05) is 13.8 Å². The molecular formula is C10H18OS. The first kappa shape index (κ1) is 8.89. The average molecular weight is 186 g/mol. The second kappa shape index (κ2) is 2.21. The van der Waals surface area contributed by atoms with E-state index < -0.39 is 0 Å². The van der Waals surface area contributed by atoms with Crippen LogP contribution in [0.25, 0.3) is 0 Å². The van der Waals surface area contributed by atoms with Crippen LogP contribution in [0.2, 0.25) is 0 Å². The van der Waals surface area contributed by atoms with E-state index in [-0.39, 0.29) is 10.9 Å². The molecule has 3 aliphatic rings. The Kier molecular flexibility index (Phi) is 1.64. The van der Waals surface area contributed by atoms with Crippen LogP contribution in [-0.2, 0) is 0 Å². The van der Waals surface area contributed by atoms with Crippen LogP contribution in [0.1, 0.15) is 33.6 Å². The predicted molar refractivity (Wildman–Crippen MR) is 53.4 cm³/mol. The normalized spacial score (nSPS) is 56.2. The first-order chi connectivity index (χ1) is 5.36. The van der Waals surface area contributed by atoms with Gasteiger partial charge in [0.1, 0.15) is 0 Å². The Morgan fingerprint density at radius 2 is 1.92 bits per heavy atom. The molecule has 3 rings (SSSR count). The highest BCUT2D eigenvalue weighted by Crippen LogP contribution is 2.62. The van der Waals surface area contributed by atoms with Gasteiger partial charge in [0.05, 0.1) is 6.10 Å². The van der Waals surface area contributed by atoms with Crippen LogP contribution in [0.5, 0.6) is 0 Å². The molecule has 3 aliphatic carbocycles. The Labute approximate surface area is 80.0 Å². The number of hydrogen-bond acceptors (Lipinski definition) is 2. The maximum atomic E-state index is 10.0. The number of aliphatic hydroxyl groups excluding tert-OH is 1. The van der Waals surface area contributed by atoms with Gasteiger partial charge in [0.25, 0.3) is 0 Å². The summed E-state index contributed by atoms with van der Waals surface area (Å²) in [6.45, 7) is 6.62. The first-order valence-electron chi connectivity index (χ1n) is 4.76. The lowest BCUT2D eigenvalue weighted by Gasteiger charge is -2.63. The van der Waals surface area contributed by atoms with Crippen LogP contribution in [0.3, 0.4) is 0 Å². The zero-order valence-electron chi connectivity index (χ0n) is 8.04. The van der Waals surface area contributed by atoms with E-state index in [0.29, 0.717) is 11.3 Å². The van der Waals surface area contributed by atoms with Gasteiger partial charge in [-0.15, -0.1) is 0 Å². The molecule has 0 unspecified atom stereocenters. The monoisotopic (exact) mass is 186 g/mol. The summed E-state index contributed by atoms with van der Waals surface area (Å²) in [7, 11) is 0. The zero-order chi connectivity index (χ0) is 9.15. The fraction of sp³-hybridized carbons (Fsp3) is 1.00. The summed E-state index contributed by atoms with van der Waals surface area (Å²) in [4.78, 5) is 0. The Balaban J connectivity index is 2.23. The fourth-order valence-corrected chi connectivity index (χ4v) is 3.39. The molecule has 0 aliphatic heterocycles. The van der Waals surface area contributed by atoms with Gasteiger partial charge in [0.15, 0.2) is 0 Å². The molecule has 0 spiro atoms. The highest BCUT2D eigenvalue weighted by Gasteiger charge is 2.60. The highest BCUT2D eigenvalue weighted by atomic mass is 32.1. The molecule has 1 nitrogen and oxygen atoms in total. The SMILES string of the molecule is CC1(C)[C@@H]2C[C@H]1[C@@H](O)[C@](C)(S)C2. The molecule has 0 aromatic carbocycles. The molecular weight excluding hydrogens is 168 g/mol. The van der Waals surface area contributed by atoms with Gasteiger partial charge >= 0.3 is 0 Å². The number of thiol groups is 1. The van der Waals surface area contributed by atoms with Gasteiger partial charge in [-0.05, 0) is 37.0 Å². The van der Waals surface area contributed by atoms with Crippen molar-refractivity contribution in [2.45, 2.75) is 44.5 Å². The van der Waals surface area contributed by atoms with Gasteiger partial charge < -0.3 is 5.11 Å². The second-order valence-electron chi connectivity index (χ2n) is 5.37. The van der Waals surface area contributed by atoms with E-state index in [1.807, 2.05) is 0 Å². The predicted octanol–water partition coefficient (Wildman–Crippen LogP) is 2.10. The van der Waals surface area contributed by atoms with Crippen LogP contribution in [0.15, 0.2) is 0 Å². The Morgan fingerprint density at radius 1 is 1.33 bits per heavy atom. The third-order valence-electron chi connectivity index (χ3n) is 4.22. The van der Waals surface area contributed by atoms with Crippen LogP contribution in [-0.4, -0.2) is 16.0 Å². The lowest BCUT2D eigenvalue weighted by atomic mass is 9.45. The molecule has 3 fully saturated rings. The second-order valence-corrected chi connectivity index (χ2v) is 6.39. The summed E-state index contributed by atoms with van der Waals surface area (Å²) in [6.07, 6.45) is 2.08. The highest BCUT2D eigenvalue weighted by molar-refractivity contribution is 7.81. The smallest absolute Gasteiger partial charge is 0.0715 e. The molecule has 2 heteroatoms. The van der Waals surface area contributed by atoms with Crippen molar-refractivity contribution in [3.63, 3.8) is 0 Å². The van der Waals surface area contributed by atoms with Gasteiger partial charge in [-0.3, -0.25) is 0 Å². The molecule has 0 amide bonds. The van der Waals surface area contributed by atoms with Crippen LogP contribution < -0.4 is 0 Å². The number of aliphatic hydroxyl groups is 1. The summed E-state index contributed by atoms with van der Waals surface area (Å²) in [5, 5.41) is 10.0. The summed E-state index contributed by atoms with van der Waals surface area (Å²) >= 11 is 4.53. The van der Waals surface area contributed by atoms with E-state index in [2.05, 4.69) is 33.4 Å². The van der Waals surface area contributed by atoms with Gasteiger partial charge in [0.2, 0.25) is 0 Å². The third-order valence-corrected chi connectivity index (χ3v) is 4.67. The lowest BCUT2D eigenvalue weighted by molar-refractivity contribution is -0.154. The minimum Gasteiger partial charge on any atom is -0.391 e. The summed E-state index contributed by atoms with van der Waals surface area (Å²) in [5.41, 5.74) is 0.363. The van der Waals surface area contributed by atoms with Crippen LogP contribution >= 0.6 is 12.6 Å². The summed E-state index contributed by atoms with van der Waals surface area (Å²) < 4.78 is -0.136. The first-order valence-corrected chi connectivity index (χ1v) is 5.21. The van der Waals surface area contributed by atoms with Crippen molar-refractivity contribution in [3.8, 4) is 0 Å². The maximum Gasteiger partial charge on any atom is 0.0715 e. The summed E-state index contributed by atoms with van der Waals surface area (Å²) in [5.74, 6) is 1.27. The molecule has 0 heterocycles. The zero-order valence-corrected chi connectivity index (χ0v) is 8.94. The van der Waals surface area contributed by atoms with Crippen molar-refractivity contribution in [2.24, 2.45) is 17.3 Å². The van der Waals surface area contributed by atoms with Gasteiger partial charge in [-0.25, -0.2) is 0 Å². The quantitative estimate of drug-likeness (QED) is 0.555. The maximum absolute atomic E-state index is 10.0. The largest absolute Gasteiger partial charge is 0.391 e. The van der Waals surface area contributed by atoms with Crippen molar-refractivity contribution < 1.29 is 5.11 Å². The number of rotatable bonds is 0. The molecule has 0 radical (unpaired) electrons. The van der Waals surface area contributed by atoms with E-state index in [1.54, 1.807) is 0 Å². The van der Waals surface area contributed by atoms with Crippen LogP contribution in [0, 0.1) is 17.3 Å². The number of fused-ring (bicyclic) bond motifs is 2. The molecule has 0 aromatic rings. The van der Waals surface area contributed by atoms with E-state index in [1.165, 1.54) is 6.42 Å². The number of hydrogen-bond donors (Lipinski definition) is 2. The molecule has 0 saturated heterocycles. The molecule has 2 bridgehead atoms. The molecule has 12 heavy (non-hydrogen) atoms. The van der Waals surface area contributed by atoms with E-state index in [0.717, 1.165) is 12.3 Å². The minimum absolute atomic E-state index is 0.136. The molecule has 70 valence electrons. The fourth-order valence-electron chi connectivity index (χ4n) is 2.99. The van der Waals surface area contributed by atoms with E-state index >= 15 is 0 Å². The van der Waals surface area contributed by atoms with Crippen molar-refractivity contribution >= 4 is 12.6 Å². The lowest BCUT2D eigenvalue weighted by Crippen LogP contribution is -2.63. The Hall–Kier alpha value is 0.310. The topological polar surface area (TPSA) is 20.2 Å². The molecule has 0 aromatic heterocycles. The molecule has 3 saturated carbocycles. The Bertz CT molecular complexity index is 202. The Morgan fingerprint density at radius 3 is 2.25 bits per heavy atom. The van der Waals surface area contributed by atoms with Gasteiger partial charge in [0, 0.05) is 4.75 Å². The minimum atomic E-state index is -0.208. The summed E-state index contributed by atoms with van der Waals surface area (Å²) in [6, 6.07) is 0. The molecule has 4 atom stereocenters. The third kappa shape index (κ3) is 0.912. The standard InChI is InChI=1S/C10H18OS/c1-9(2)6-4-7(9)8(11)10(3,12)5-6/h6-8,11-12H,4-5H2,1-3H3/t6-,7+,8-,10-/m1/s1. The van der Waals surface area contributed by atoms with E-state index in [4.69, 9.17) is 0 Å². The van der Waals surface area contributed by atoms with E-state index in [9.17, 15) is 5.11 Å². The van der Waals surface area contributed by atoms with Crippen LogP contribution in [0.4, 0.5) is 0 Å². The van der Waals surface area contributed by atoms with Gasteiger partial charge in [-0.2, -0.15) is 12.6 Å². The molecule has 1 N–H and O–H groups in total. The average Bonchev–Trinajstić information content (AvgIpc) is 1.93.